The Kier molecular flexibility index (Phi) is 4.81. The van der Waals surface area contributed by atoms with Gasteiger partial charge in [-0.3, -0.25) is 14.2 Å². The normalized spacial score (nSPS) is 11.2. The molecule has 0 atom stereocenters. The Hall–Kier alpha value is -2.35. The number of carbonyl (C=O) groups is 1. The van der Waals surface area contributed by atoms with E-state index in [4.69, 9.17) is 0 Å². The maximum Gasteiger partial charge on any atom is 0.229 e. The van der Waals surface area contributed by atoms with Gasteiger partial charge in [-0.05, 0) is 24.6 Å². The molecule has 1 aromatic heterocycles. The van der Waals surface area contributed by atoms with Crippen LogP contribution < -0.4 is 10.0 Å². The number of aryl methyl sites for hydroxylation is 2. The molecule has 0 spiro atoms. The van der Waals surface area contributed by atoms with Crippen molar-refractivity contribution in [1.29, 1.82) is 0 Å². The Labute approximate surface area is 129 Å². The molecular weight excluding hydrogens is 304 g/mol. The summed E-state index contributed by atoms with van der Waals surface area (Å²) in [5, 5.41) is 6.81. The summed E-state index contributed by atoms with van der Waals surface area (Å²) >= 11 is 0. The third-order valence-corrected chi connectivity index (χ3v) is 3.42. The average molecular weight is 322 g/mol. The summed E-state index contributed by atoms with van der Waals surface area (Å²) in [5.74, 6) is -0.212. The molecule has 118 valence electrons. The molecule has 2 rings (SSSR count). The van der Waals surface area contributed by atoms with Crippen molar-refractivity contribution < 1.29 is 13.2 Å². The van der Waals surface area contributed by atoms with Gasteiger partial charge < -0.3 is 5.32 Å². The number of anilines is 2. The molecule has 22 heavy (non-hydrogen) atoms. The van der Waals surface area contributed by atoms with E-state index >= 15 is 0 Å². The zero-order valence-corrected chi connectivity index (χ0v) is 13.2. The number of nitrogens with zero attached hydrogens (tertiary/aromatic N) is 2. The summed E-state index contributed by atoms with van der Waals surface area (Å²) in [6, 6.07) is 6.65. The topological polar surface area (TPSA) is 93.1 Å². The maximum absolute atomic E-state index is 12.0. The first-order valence-electron chi connectivity index (χ1n) is 6.69. The summed E-state index contributed by atoms with van der Waals surface area (Å²) in [6.07, 6.45) is 4.88. The third-order valence-electron chi connectivity index (χ3n) is 2.83. The molecule has 0 fully saturated rings. The van der Waals surface area contributed by atoms with E-state index in [9.17, 15) is 13.2 Å². The van der Waals surface area contributed by atoms with Gasteiger partial charge in [0.2, 0.25) is 15.9 Å². The highest BCUT2D eigenvalue weighted by Crippen LogP contribution is 2.22. The molecule has 1 aromatic carbocycles. The summed E-state index contributed by atoms with van der Waals surface area (Å²) in [5.41, 5.74) is 1.80. The molecular formula is C14H18N4O3S. The van der Waals surface area contributed by atoms with Crippen LogP contribution in [-0.4, -0.2) is 30.4 Å². The van der Waals surface area contributed by atoms with Gasteiger partial charge in [-0.25, -0.2) is 8.42 Å². The number of para-hydroxylation sites is 2. The van der Waals surface area contributed by atoms with E-state index in [-0.39, 0.29) is 12.3 Å². The lowest BCUT2D eigenvalue weighted by atomic mass is 10.2. The SMILES string of the molecule is Cc1cnn(CCC(=O)Nc2ccccc2NS(C)(=O)=O)c1. The molecule has 0 saturated heterocycles. The Morgan fingerprint density at radius 2 is 1.95 bits per heavy atom. The molecule has 0 unspecified atom stereocenters. The van der Waals surface area contributed by atoms with E-state index in [0.717, 1.165) is 11.8 Å². The van der Waals surface area contributed by atoms with Crippen LogP contribution in [0.4, 0.5) is 11.4 Å². The fourth-order valence-corrected chi connectivity index (χ4v) is 2.48. The first-order chi connectivity index (χ1) is 10.3. The second-order valence-electron chi connectivity index (χ2n) is 5.00. The van der Waals surface area contributed by atoms with Crippen molar-refractivity contribution in [2.45, 2.75) is 19.9 Å². The molecule has 0 bridgehead atoms. The molecule has 0 radical (unpaired) electrons. The second-order valence-corrected chi connectivity index (χ2v) is 6.75. The van der Waals surface area contributed by atoms with Crippen LogP contribution >= 0.6 is 0 Å². The fourth-order valence-electron chi connectivity index (χ4n) is 1.90. The lowest BCUT2D eigenvalue weighted by molar-refractivity contribution is -0.116. The van der Waals surface area contributed by atoms with Crippen molar-refractivity contribution in [3.63, 3.8) is 0 Å². The molecule has 0 aliphatic carbocycles. The van der Waals surface area contributed by atoms with Gasteiger partial charge in [-0.1, -0.05) is 12.1 Å². The average Bonchev–Trinajstić information content (AvgIpc) is 2.83. The Bertz CT molecular complexity index is 768. The van der Waals surface area contributed by atoms with Gasteiger partial charge in [-0.15, -0.1) is 0 Å². The van der Waals surface area contributed by atoms with E-state index in [1.165, 1.54) is 0 Å². The third kappa shape index (κ3) is 4.88. The number of benzene rings is 1. The van der Waals surface area contributed by atoms with Crippen molar-refractivity contribution in [1.82, 2.24) is 9.78 Å². The number of nitrogens with one attached hydrogen (secondary N) is 2. The summed E-state index contributed by atoms with van der Waals surface area (Å²) in [4.78, 5) is 12.0. The van der Waals surface area contributed by atoms with Gasteiger partial charge in [0.05, 0.1) is 23.8 Å². The summed E-state index contributed by atoms with van der Waals surface area (Å²) in [7, 11) is -3.40. The molecule has 0 aliphatic heterocycles. The predicted octanol–water partition coefficient (Wildman–Crippen LogP) is 1.59. The van der Waals surface area contributed by atoms with Crippen LogP contribution in [-0.2, 0) is 21.4 Å². The molecule has 0 saturated carbocycles. The van der Waals surface area contributed by atoms with Crippen LogP contribution in [0, 0.1) is 6.92 Å². The van der Waals surface area contributed by atoms with Crippen LogP contribution in [0.25, 0.3) is 0 Å². The lowest BCUT2D eigenvalue weighted by Crippen LogP contribution is -2.17. The smallest absolute Gasteiger partial charge is 0.229 e. The minimum absolute atomic E-state index is 0.212. The van der Waals surface area contributed by atoms with Crippen molar-refractivity contribution in [2.24, 2.45) is 0 Å². The van der Waals surface area contributed by atoms with Crippen LogP contribution in [0.15, 0.2) is 36.7 Å². The monoisotopic (exact) mass is 322 g/mol. The first kappa shape index (κ1) is 16.0. The van der Waals surface area contributed by atoms with E-state index in [0.29, 0.717) is 17.9 Å². The van der Waals surface area contributed by atoms with Crippen LogP contribution in [0.1, 0.15) is 12.0 Å². The highest BCUT2D eigenvalue weighted by atomic mass is 32.2. The second kappa shape index (κ2) is 6.61. The number of hydrogen-bond donors (Lipinski definition) is 2. The van der Waals surface area contributed by atoms with Gasteiger partial charge in [-0.2, -0.15) is 5.10 Å². The van der Waals surface area contributed by atoms with Crippen molar-refractivity contribution in [3.8, 4) is 0 Å². The van der Waals surface area contributed by atoms with Crippen LogP contribution in [0.2, 0.25) is 0 Å². The summed E-state index contributed by atoms with van der Waals surface area (Å²) < 4.78 is 26.7. The van der Waals surface area contributed by atoms with Gasteiger partial charge >= 0.3 is 0 Å². The quantitative estimate of drug-likeness (QED) is 0.844. The maximum atomic E-state index is 12.0. The van der Waals surface area contributed by atoms with Gasteiger partial charge in [0.25, 0.3) is 0 Å². The molecule has 7 nitrogen and oxygen atoms in total. The number of aromatic nitrogens is 2. The fraction of sp³-hybridized carbons (Fsp3) is 0.286. The molecule has 8 heteroatoms. The van der Waals surface area contributed by atoms with E-state index in [2.05, 4.69) is 15.1 Å². The van der Waals surface area contributed by atoms with Crippen LogP contribution in [0.5, 0.6) is 0 Å². The van der Waals surface area contributed by atoms with E-state index < -0.39 is 10.0 Å². The summed E-state index contributed by atoms with van der Waals surface area (Å²) in [6.45, 7) is 2.39. The first-order valence-corrected chi connectivity index (χ1v) is 8.58. The van der Waals surface area contributed by atoms with E-state index in [1.807, 2.05) is 13.1 Å². The highest BCUT2D eigenvalue weighted by molar-refractivity contribution is 7.92. The Morgan fingerprint density at radius 1 is 1.27 bits per heavy atom. The van der Waals surface area contributed by atoms with Gasteiger partial charge in [0, 0.05) is 19.2 Å². The zero-order chi connectivity index (χ0) is 16.2. The number of hydrogen-bond acceptors (Lipinski definition) is 4. The largest absolute Gasteiger partial charge is 0.324 e. The van der Waals surface area contributed by atoms with Crippen molar-refractivity contribution >= 4 is 27.3 Å². The lowest BCUT2D eigenvalue weighted by Gasteiger charge is -2.11. The highest BCUT2D eigenvalue weighted by Gasteiger charge is 2.10. The molecule has 1 amide bonds. The van der Waals surface area contributed by atoms with E-state index in [1.54, 1.807) is 35.1 Å². The molecule has 0 aliphatic rings. The number of amides is 1. The number of carbonyl (C=O) groups excluding carboxylic acids is 1. The molecule has 2 aromatic rings. The number of sulfonamides is 1. The zero-order valence-electron chi connectivity index (χ0n) is 12.4. The predicted molar refractivity (Wildman–Crippen MR) is 85.1 cm³/mol. The van der Waals surface area contributed by atoms with Crippen molar-refractivity contribution in [3.05, 3.63) is 42.2 Å². The standard InChI is InChI=1S/C14H18N4O3S/c1-11-9-15-18(10-11)8-7-14(19)16-12-5-3-4-6-13(12)17-22(2,20)21/h3-6,9-10,17H,7-8H2,1-2H3,(H,16,19). The minimum Gasteiger partial charge on any atom is -0.324 e. The Morgan fingerprint density at radius 3 is 2.55 bits per heavy atom. The van der Waals surface area contributed by atoms with Gasteiger partial charge in [0.15, 0.2) is 0 Å². The van der Waals surface area contributed by atoms with Crippen LogP contribution in [0.3, 0.4) is 0 Å². The Balaban J connectivity index is 1.99. The van der Waals surface area contributed by atoms with Gasteiger partial charge in [0.1, 0.15) is 0 Å². The molecule has 1 heterocycles. The number of rotatable bonds is 6. The minimum atomic E-state index is -3.40. The molecule has 2 N–H and O–H groups in total. The van der Waals surface area contributed by atoms with Crippen molar-refractivity contribution in [2.75, 3.05) is 16.3 Å².